The topological polar surface area (TPSA) is 72.6 Å². The van der Waals surface area contributed by atoms with Crippen molar-refractivity contribution in [3.8, 4) is 11.5 Å². The molecule has 0 fully saturated rings. The lowest BCUT2D eigenvalue weighted by Crippen LogP contribution is -1.97. The summed E-state index contributed by atoms with van der Waals surface area (Å²) in [5, 5.41) is 20.1. The van der Waals surface area contributed by atoms with Crippen LogP contribution in [0.25, 0.3) is 0 Å². The van der Waals surface area contributed by atoms with E-state index in [1.807, 2.05) is 0 Å². The lowest BCUT2D eigenvalue weighted by molar-refractivity contribution is -0.385. The van der Waals surface area contributed by atoms with Gasteiger partial charge in [-0.25, -0.2) is 4.39 Å². The zero-order valence-electron chi connectivity index (χ0n) is 10.0. The zero-order valence-corrected chi connectivity index (χ0v) is 11.6. The molecule has 5 nitrogen and oxygen atoms in total. The van der Waals surface area contributed by atoms with Crippen molar-refractivity contribution < 1.29 is 19.2 Å². The van der Waals surface area contributed by atoms with Gasteiger partial charge < -0.3 is 9.84 Å². The van der Waals surface area contributed by atoms with E-state index in [-0.39, 0.29) is 23.8 Å². The SMILES string of the molecule is O=[N+]([O-])c1ccc(F)cc1Oc1ccc(Br)cc1CO. The minimum Gasteiger partial charge on any atom is -0.450 e. The Bertz CT molecular complexity index is 663. The molecule has 0 bridgehead atoms. The number of hydrogen-bond donors (Lipinski definition) is 1. The summed E-state index contributed by atoms with van der Waals surface area (Å²) in [6.07, 6.45) is 0. The first kappa shape index (κ1) is 14.4. The van der Waals surface area contributed by atoms with Crippen LogP contribution in [0.5, 0.6) is 11.5 Å². The van der Waals surface area contributed by atoms with Gasteiger partial charge in [0.2, 0.25) is 5.75 Å². The molecule has 0 saturated heterocycles. The van der Waals surface area contributed by atoms with Crippen molar-refractivity contribution in [2.24, 2.45) is 0 Å². The van der Waals surface area contributed by atoms with Gasteiger partial charge >= 0.3 is 5.69 Å². The molecule has 0 aliphatic rings. The van der Waals surface area contributed by atoms with Gasteiger partial charge in [-0.3, -0.25) is 10.1 Å². The highest BCUT2D eigenvalue weighted by Gasteiger charge is 2.17. The minimum absolute atomic E-state index is 0.216. The number of rotatable bonds is 4. The van der Waals surface area contributed by atoms with Crippen LogP contribution in [-0.2, 0) is 6.61 Å². The second kappa shape index (κ2) is 5.98. The number of benzene rings is 2. The van der Waals surface area contributed by atoms with Crippen LogP contribution in [-0.4, -0.2) is 10.0 Å². The third-order valence-electron chi connectivity index (χ3n) is 2.53. The molecule has 0 aromatic heterocycles. The van der Waals surface area contributed by atoms with Gasteiger partial charge in [-0.05, 0) is 24.3 Å². The molecule has 104 valence electrons. The summed E-state index contributed by atoms with van der Waals surface area (Å²) in [5.41, 5.74) is 0.0798. The van der Waals surface area contributed by atoms with Crippen molar-refractivity contribution in [2.45, 2.75) is 6.61 Å². The first-order valence-electron chi connectivity index (χ1n) is 5.52. The fraction of sp³-hybridized carbons (Fsp3) is 0.0769. The maximum absolute atomic E-state index is 13.2. The fourth-order valence-electron chi connectivity index (χ4n) is 1.61. The molecule has 0 radical (unpaired) electrons. The maximum atomic E-state index is 13.2. The monoisotopic (exact) mass is 341 g/mol. The van der Waals surface area contributed by atoms with Crippen LogP contribution in [0.4, 0.5) is 10.1 Å². The van der Waals surface area contributed by atoms with Crippen molar-refractivity contribution in [1.82, 2.24) is 0 Å². The van der Waals surface area contributed by atoms with Gasteiger partial charge in [0.05, 0.1) is 11.5 Å². The third-order valence-corrected chi connectivity index (χ3v) is 3.02. The Labute approximate surface area is 121 Å². The van der Waals surface area contributed by atoms with Crippen molar-refractivity contribution in [2.75, 3.05) is 0 Å². The Morgan fingerprint density at radius 2 is 2.00 bits per heavy atom. The van der Waals surface area contributed by atoms with E-state index in [1.165, 1.54) is 6.07 Å². The zero-order chi connectivity index (χ0) is 14.7. The molecular weight excluding hydrogens is 333 g/mol. The van der Waals surface area contributed by atoms with E-state index in [4.69, 9.17) is 4.74 Å². The van der Waals surface area contributed by atoms with E-state index in [2.05, 4.69) is 15.9 Å². The second-order valence-electron chi connectivity index (χ2n) is 3.88. The number of aliphatic hydroxyl groups is 1. The van der Waals surface area contributed by atoms with E-state index in [0.717, 1.165) is 22.7 Å². The smallest absolute Gasteiger partial charge is 0.311 e. The van der Waals surface area contributed by atoms with Crippen LogP contribution in [0.15, 0.2) is 40.9 Å². The number of hydrogen-bond acceptors (Lipinski definition) is 4. The number of ether oxygens (including phenoxy) is 1. The lowest BCUT2D eigenvalue weighted by atomic mass is 10.2. The average molecular weight is 342 g/mol. The van der Waals surface area contributed by atoms with Gasteiger partial charge in [0.1, 0.15) is 11.6 Å². The van der Waals surface area contributed by atoms with Gasteiger partial charge in [-0.1, -0.05) is 15.9 Å². The van der Waals surface area contributed by atoms with E-state index in [1.54, 1.807) is 12.1 Å². The largest absolute Gasteiger partial charge is 0.450 e. The van der Waals surface area contributed by atoms with Crippen molar-refractivity contribution in [1.29, 1.82) is 0 Å². The number of nitro benzene ring substituents is 1. The molecule has 2 aromatic carbocycles. The van der Waals surface area contributed by atoms with E-state index in [0.29, 0.717) is 5.56 Å². The van der Waals surface area contributed by atoms with Crippen LogP contribution in [0.1, 0.15) is 5.56 Å². The summed E-state index contributed by atoms with van der Waals surface area (Å²) in [6.45, 7) is -0.308. The van der Waals surface area contributed by atoms with Gasteiger partial charge in [-0.15, -0.1) is 0 Å². The van der Waals surface area contributed by atoms with Crippen LogP contribution in [0.3, 0.4) is 0 Å². The normalized spacial score (nSPS) is 10.3. The maximum Gasteiger partial charge on any atom is 0.311 e. The van der Waals surface area contributed by atoms with Crippen LogP contribution in [0.2, 0.25) is 0 Å². The Morgan fingerprint density at radius 3 is 2.65 bits per heavy atom. The van der Waals surface area contributed by atoms with Gasteiger partial charge in [0.15, 0.2) is 0 Å². The average Bonchev–Trinajstić information content (AvgIpc) is 2.40. The van der Waals surface area contributed by atoms with E-state index >= 15 is 0 Å². The van der Waals surface area contributed by atoms with E-state index < -0.39 is 10.7 Å². The van der Waals surface area contributed by atoms with Crippen molar-refractivity contribution in [3.63, 3.8) is 0 Å². The molecule has 0 heterocycles. The number of nitrogens with zero attached hydrogens (tertiary/aromatic N) is 1. The van der Waals surface area contributed by atoms with Gasteiger partial charge in [0.25, 0.3) is 0 Å². The summed E-state index contributed by atoms with van der Waals surface area (Å²) in [7, 11) is 0. The first-order chi connectivity index (χ1) is 9.51. The summed E-state index contributed by atoms with van der Waals surface area (Å²) in [4.78, 5) is 10.2. The minimum atomic E-state index is -0.660. The van der Waals surface area contributed by atoms with Gasteiger partial charge in [-0.2, -0.15) is 0 Å². The Kier molecular flexibility index (Phi) is 4.31. The molecule has 0 spiro atoms. The predicted octanol–water partition coefficient (Wildman–Crippen LogP) is 3.78. The highest BCUT2D eigenvalue weighted by atomic mass is 79.9. The summed E-state index contributed by atoms with van der Waals surface area (Å²) >= 11 is 3.24. The van der Waals surface area contributed by atoms with Gasteiger partial charge in [0, 0.05) is 22.2 Å². The molecule has 1 N–H and O–H groups in total. The second-order valence-corrected chi connectivity index (χ2v) is 4.80. The molecule has 0 amide bonds. The van der Waals surface area contributed by atoms with Crippen LogP contribution < -0.4 is 4.74 Å². The molecule has 0 unspecified atom stereocenters. The molecule has 0 saturated carbocycles. The molecular formula is C13H9BrFNO4. The lowest BCUT2D eigenvalue weighted by Gasteiger charge is -2.10. The first-order valence-corrected chi connectivity index (χ1v) is 6.31. The number of halogens is 2. The van der Waals surface area contributed by atoms with Crippen LogP contribution in [0, 0.1) is 15.9 Å². The molecule has 7 heteroatoms. The molecule has 0 aliphatic heterocycles. The molecule has 0 atom stereocenters. The molecule has 20 heavy (non-hydrogen) atoms. The third kappa shape index (κ3) is 3.12. The number of aliphatic hydroxyl groups excluding tert-OH is 1. The van der Waals surface area contributed by atoms with Crippen molar-refractivity contribution >= 4 is 21.6 Å². The Hall–Kier alpha value is -1.99. The van der Waals surface area contributed by atoms with Crippen LogP contribution >= 0.6 is 15.9 Å². The molecule has 0 aliphatic carbocycles. The molecule has 2 aromatic rings. The predicted molar refractivity (Wildman–Crippen MR) is 73.2 cm³/mol. The summed E-state index contributed by atoms with van der Waals surface area (Å²) < 4.78 is 19.3. The number of nitro groups is 1. The summed E-state index contributed by atoms with van der Waals surface area (Å²) in [5.74, 6) is -0.635. The highest BCUT2D eigenvalue weighted by molar-refractivity contribution is 9.10. The summed E-state index contributed by atoms with van der Waals surface area (Å²) in [6, 6.07) is 7.74. The quantitative estimate of drug-likeness (QED) is 0.678. The highest BCUT2D eigenvalue weighted by Crippen LogP contribution is 2.34. The standard InChI is InChI=1S/C13H9BrFNO4/c14-9-1-4-12(8(5-9)7-17)20-13-6-10(15)2-3-11(13)16(18)19/h1-6,17H,7H2. The van der Waals surface area contributed by atoms with Crippen molar-refractivity contribution in [3.05, 3.63) is 62.4 Å². The Morgan fingerprint density at radius 1 is 1.25 bits per heavy atom. The molecule has 2 rings (SSSR count). The fourth-order valence-corrected chi connectivity index (χ4v) is 2.02. The Balaban J connectivity index is 2.44. The van der Waals surface area contributed by atoms with E-state index in [9.17, 15) is 19.6 Å².